The van der Waals surface area contributed by atoms with E-state index in [4.69, 9.17) is 10.00 Å². The predicted octanol–water partition coefficient (Wildman–Crippen LogP) is 3.33. The minimum atomic E-state index is -0.510. The molecule has 0 aliphatic heterocycles. The Labute approximate surface area is 108 Å². The Hall–Kier alpha value is -1.82. The summed E-state index contributed by atoms with van der Waals surface area (Å²) in [6.45, 7) is 7.44. The SMILES string of the molecule is Cc1ccc(C(C#N)CC(=O)OC(C)(C)C)cc1. The van der Waals surface area contributed by atoms with Gasteiger partial charge in [0, 0.05) is 0 Å². The number of benzene rings is 1. The number of rotatable bonds is 3. The van der Waals surface area contributed by atoms with E-state index in [0.717, 1.165) is 11.1 Å². The average Bonchev–Trinajstić information content (AvgIpc) is 2.25. The Morgan fingerprint density at radius 2 is 1.89 bits per heavy atom. The van der Waals surface area contributed by atoms with E-state index in [0.29, 0.717) is 0 Å². The van der Waals surface area contributed by atoms with Gasteiger partial charge in [-0.2, -0.15) is 5.26 Å². The van der Waals surface area contributed by atoms with Crippen LogP contribution in [0.15, 0.2) is 24.3 Å². The zero-order chi connectivity index (χ0) is 13.8. The number of nitrogens with zero attached hydrogens (tertiary/aromatic N) is 1. The molecule has 0 bridgehead atoms. The summed E-state index contributed by atoms with van der Waals surface area (Å²) in [5.41, 5.74) is 1.48. The van der Waals surface area contributed by atoms with Gasteiger partial charge in [-0.1, -0.05) is 29.8 Å². The van der Waals surface area contributed by atoms with Crippen molar-refractivity contribution >= 4 is 5.97 Å². The molecular formula is C15H19NO2. The van der Waals surface area contributed by atoms with Crippen molar-refractivity contribution in [3.8, 4) is 6.07 Å². The van der Waals surface area contributed by atoms with Crippen molar-refractivity contribution < 1.29 is 9.53 Å². The molecule has 0 aliphatic rings. The molecule has 0 radical (unpaired) electrons. The quantitative estimate of drug-likeness (QED) is 0.767. The van der Waals surface area contributed by atoms with E-state index in [2.05, 4.69) is 6.07 Å². The molecule has 0 heterocycles. The molecule has 0 aromatic heterocycles. The van der Waals surface area contributed by atoms with Crippen LogP contribution in [0, 0.1) is 18.3 Å². The minimum absolute atomic E-state index is 0.0941. The number of nitriles is 1. The van der Waals surface area contributed by atoms with Crippen LogP contribution in [0.1, 0.15) is 44.2 Å². The van der Waals surface area contributed by atoms with Gasteiger partial charge in [-0.25, -0.2) is 0 Å². The maximum Gasteiger partial charge on any atom is 0.307 e. The molecule has 3 heteroatoms. The van der Waals surface area contributed by atoms with Crippen molar-refractivity contribution in [1.29, 1.82) is 5.26 Å². The molecule has 0 fully saturated rings. The van der Waals surface area contributed by atoms with E-state index in [1.807, 2.05) is 52.0 Å². The first kappa shape index (κ1) is 14.2. The molecule has 96 valence electrons. The Kier molecular flexibility index (Phi) is 4.49. The van der Waals surface area contributed by atoms with Crippen LogP contribution in [-0.2, 0) is 9.53 Å². The fraction of sp³-hybridized carbons (Fsp3) is 0.467. The number of hydrogen-bond donors (Lipinski definition) is 0. The fourth-order valence-electron chi connectivity index (χ4n) is 1.59. The number of carbonyl (C=O) groups excluding carboxylic acids is 1. The second kappa shape index (κ2) is 5.68. The summed E-state index contributed by atoms with van der Waals surface area (Å²) >= 11 is 0. The average molecular weight is 245 g/mol. The van der Waals surface area contributed by atoms with Crippen molar-refractivity contribution in [3.05, 3.63) is 35.4 Å². The third-order valence-electron chi connectivity index (χ3n) is 2.43. The number of ether oxygens (including phenoxy) is 1. The Bertz CT molecular complexity index is 449. The van der Waals surface area contributed by atoms with E-state index in [9.17, 15) is 4.79 Å². The van der Waals surface area contributed by atoms with Crippen LogP contribution in [-0.4, -0.2) is 11.6 Å². The molecule has 0 N–H and O–H groups in total. The molecular weight excluding hydrogens is 226 g/mol. The van der Waals surface area contributed by atoms with Gasteiger partial charge in [0.1, 0.15) is 5.60 Å². The third kappa shape index (κ3) is 4.58. The van der Waals surface area contributed by atoms with Crippen molar-refractivity contribution in [3.63, 3.8) is 0 Å². The normalized spacial score (nSPS) is 12.6. The molecule has 18 heavy (non-hydrogen) atoms. The van der Waals surface area contributed by atoms with Gasteiger partial charge in [-0.15, -0.1) is 0 Å². The highest BCUT2D eigenvalue weighted by Gasteiger charge is 2.21. The molecule has 1 aromatic carbocycles. The van der Waals surface area contributed by atoms with Crippen molar-refractivity contribution in [2.45, 2.75) is 45.6 Å². The van der Waals surface area contributed by atoms with Crippen LogP contribution in [0.4, 0.5) is 0 Å². The summed E-state index contributed by atoms with van der Waals surface area (Å²) in [6, 6.07) is 9.80. The Morgan fingerprint density at radius 3 is 2.33 bits per heavy atom. The van der Waals surface area contributed by atoms with Gasteiger partial charge in [-0.3, -0.25) is 4.79 Å². The maximum absolute atomic E-state index is 11.7. The summed E-state index contributed by atoms with van der Waals surface area (Å²) in [5.74, 6) is -0.782. The summed E-state index contributed by atoms with van der Waals surface area (Å²) in [4.78, 5) is 11.7. The number of esters is 1. The molecule has 1 aromatic rings. The second-order valence-electron chi connectivity index (χ2n) is 5.38. The summed E-state index contributed by atoms with van der Waals surface area (Å²) in [5, 5.41) is 9.14. The summed E-state index contributed by atoms with van der Waals surface area (Å²) in [7, 11) is 0. The third-order valence-corrected chi connectivity index (χ3v) is 2.43. The smallest absolute Gasteiger partial charge is 0.307 e. The van der Waals surface area contributed by atoms with Crippen molar-refractivity contribution in [2.24, 2.45) is 0 Å². The van der Waals surface area contributed by atoms with Crippen LogP contribution in [0.25, 0.3) is 0 Å². The van der Waals surface area contributed by atoms with Crippen LogP contribution in [0.3, 0.4) is 0 Å². The zero-order valence-electron chi connectivity index (χ0n) is 11.4. The lowest BCUT2D eigenvalue weighted by Crippen LogP contribution is -2.24. The van der Waals surface area contributed by atoms with Gasteiger partial charge in [0.2, 0.25) is 0 Å². The van der Waals surface area contributed by atoms with Crippen molar-refractivity contribution in [1.82, 2.24) is 0 Å². The summed E-state index contributed by atoms with van der Waals surface area (Å²) in [6.07, 6.45) is 0.0941. The van der Waals surface area contributed by atoms with Gasteiger partial charge in [-0.05, 0) is 33.3 Å². The lowest BCUT2D eigenvalue weighted by molar-refractivity contribution is -0.154. The molecule has 1 rings (SSSR count). The molecule has 0 aliphatic carbocycles. The second-order valence-corrected chi connectivity index (χ2v) is 5.38. The van der Waals surface area contributed by atoms with E-state index < -0.39 is 11.5 Å². The molecule has 0 spiro atoms. The van der Waals surface area contributed by atoms with Gasteiger partial charge in [0.25, 0.3) is 0 Å². The lowest BCUT2D eigenvalue weighted by Gasteiger charge is -2.20. The van der Waals surface area contributed by atoms with Gasteiger partial charge < -0.3 is 4.74 Å². The molecule has 0 amide bonds. The molecule has 0 saturated carbocycles. The van der Waals surface area contributed by atoms with E-state index in [-0.39, 0.29) is 12.4 Å². The largest absolute Gasteiger partial charge is 0.460 e. The lowest BCUT2D eigenvalue weighted by atomic mass is 9.96. The topological polar surface area (TPSA) is 50.1 Å². The van der Waals surface area contributed by atoms with Crippen LogP contribution in [0.5, 0.6) is 0 Å². The highest BCUT2D eigenvalue weighted by atomic mass is 16.6. The first-order valence-electron chi connectivity index (χ1n) is 6.00. The highest BCUT2D eigenvalue weighted by Crippen LogP contribution is 2.21. The fourth-order valence-corrected chi connectivity index (χ4v) is 1.59. The van der Waals surface area contributed by atoms with E-state index in [1.165, 1.54) is 0 Å². The molecule has 0 saturated heterocycles. The molecule has 1 unspecified atom stereocenters. The van der Waals surface area contributed by atoms with Crippen LogP contribution in [0.2, 0.25) is 0 Å². The van der Waals surface area contributed by atoms with Gasteiger partial charge in [0.15, 0.2) is 0 Å². The first-order valence-corrected chi connectivity index (χ1v) is 6.00. The van der Waals surface area contributed by atoms with Crippen LogP contribution >= 0.6 is 0 Å². The van der Waals surface area contributed by atoms with E-state index in [1.54, 1.807) is 0 Å². The minimum Gasteiger partial charge on any atom is -0.460 e. The zero-order valence-corrected chi connectivity index (χ0v) is 11.4. The van der Waals surface area contributed by atoms with Gasteiger partial charge >= 0.3 is 5.97 Å². The highest BCUT2D eigenvalue weighted by molar-refractivity contribution is 5.71. The number of hydrogen-bond acceptors (Lipinski definition) is 3. The molecule has 1 atom stereocenters. The first-order chi connectivity index (χ1) is 8.31. The number of aryl methyl sites for hydroxylation is 1. The number of carbonyl (C=O) groups is 1. The summed E-state index contributed by atoms with van der Waals surface area (Å²) < 4.78 is 5.23. The maximum atomic E-state index is 11.7. The van der Waals surface area contributed by atoms with Crippen LogP contribution < -0.4 is 0 Å². The standard InChI is InChI=1S/C15H19NO2/c1-11-5-7-12(8-6-11)13(10-16)9-14(17)18-15(2,3)4/h5-8,13H,9H2,1-4H3. The predicted molar refractivity (Wildman–Crippen MR) is 70.0 cm³/mol. The molecule has 3 nitrogen and oxygen atoms in total. The monoisotopic (exact) mass is 245 g/mol. The van der Waals surface area contributed by atoms with E-state index >= 15 is 0 Å². The Balaban J connectivity index is 2.72. The Morgan fingerprint density at radius 1 is 1.33 bits per heavy atom. The van der Waals surface area contributed by atoms with Gasteiger partial charge in [0.05, 0.1) is 18.4 Å². The van der Waals surface area contributed by atoms with Crippen molar-refractivity contribution in [2.75, 3.05) is 0 Å².